The van der Waals surface area contributed by atoms with Crippen molar-refractivity contribution < 1.29 is 9.13 Å². The molecule has 25 heavy (non-hydrogen) atoms. The van der Waals surface area contributed by atoms with Crippen molar-refractivity contribution in [2.45, 2.75) is 13.3 Å². The summed E-state index contributed by atoms with van der Waals surface area (Å²) in [5, 5.41) is 1.13. The zero-order chi connectivity index (χ0) is 17.8. The van der Waals surface area contributed by atoms with Crippen molar-refractivity contribution in [3.05, 3.63) is 64.4 Å². The van der Waals surface area contributed by atoms with Gasteiger partial charge in [-0.1, -0.05) is 23.2 Å². The summed E-state index contributed by atoms with van der Waals surface area (Å²) >= 11 is 12.3. The molecule has 3 nitrogen and oxygen atoms in total. The third-order valence-corrected chi connectivity index (χ3v) is 4.30. The summed E-state index contributed by atoms with van der Waals surface area (Å²) in [6.07, 6.45) is 2.19. The second-order valence-electron chi connectivity index (χ2n) is 5.57. The highest BCUT2D eigenvalue weighted by Gasteiger charge is 2.14. The van der Waals surface area contributed by atoms with E-state index in [2.05, 4.69) is 4.98 Å². The van der Waals surface area contributed by atoms with Gasteiger partial charge in [-0.2, -0.15) is 0 Å². The Morgan fingerprint density at radius 3 is 2.56 bits per heavy atom. The van der Waals surface area contributed by atoms with E-state index in [0.29, 0.717) is 28.8 Å². The minimum Gasteiger partial charge on any atom is -0.493 e. The lowest BCUT2D eigenvalue weighted by molar-refractivity contribution is 0.289. The van der Waals surface area contributed by atoms with Gasteiger partial charge >= 0.3 is 0 Å². The number of nitrogens with zero attached hydrogens (tertiary/aromatic N) is 2. The molecule has 0 atom stereocenters. The fourth-order valence-corrected chi connectivity index (χ4v) is 3.05. The molecule has 0 saturated carbocycles. The molecule has 0 spiro atoms. The van der Waals surface area contributed by atoms with Crippen molar-refractivity contribution in [3.63, 3.8) is 0 Å². The van der Waals surface area contributed by atoms with Crippen LogP contribution in [-0.2, 0) is 0 Å². The monoisotopic (exact) mass is 378 g/mol. The number of alkyl halides is 1. The highest BCUT2D eigenvalue weighted by atomic mass is 35.5. The molecular formula is C19H17Cl2FN2O. The van der Waals surface area contributed by atoms with E-state index in [-0.39, 0.29) is 6.67 Å². The molecule has 0 N–H and O–H groups in total. The van der Waals surface area contributed by atoms with Crippen LogP contribution in [0, 0.1) is 6.92 Å². The van der Waals surface area contributed by atoms with Crippen LogP contribution < -0.4 is 4.74 Å². The standard InChI is InChI=1S/C19H17Cl2FN2O/c1-13-12-23-19(17-8-3-14(20)11-18(17)21)24(13)15-4-6-16(7-5-15)25-10-2-9-22/h3-8,11-12H,2,9-10H2,1H3. The predicted molar refractivity (Wildman–Crippen MR) is 99.8 cm³/mol. The maximum absolute atomic E-state index is 12.1. The molecule has 3 rings (SSSR count). The van der Waals surface area contributed by atoms with Gasteiger partial charge < -0.3 is 4.74 Å². The van der Waals surface area contributed by atoms with E-state index in [4.69, 9.17) is 27.9 Å². The van der Waals surface area contributed by atoms with Gasteiger partial charge in [0.1, 0.15) is 11.6 Å². The van der Waals surface area contributed by atoms with Gasteiger partial charge in [-0.05, 0) is 49.4 Å². The average molecular weight is 379 g/mol. The zero-order valence-electron chi connectivity index (χ0n) is 13.7. The van der Waals surface area contributed by atoms with E-state index >= 15 is 0 Å². The third kappa shape index (κ3) is 3.97. The number of hydrogen-bond donors (Lipinski definition) is 0. The van der Waals surface area contributed by atoms with Crippen LogP contribution in [0.1, 0.15) is 12.1 Å². The molecule has 130 valence electrons. The Labute approximate surface area is 156 Å². The van der Waals surface area contributed by atoms with E-state index < -0.39 is 0 Å². The highest BCUT2D eigenvalue weighted by molar-refractivity contribution is 6.36. The zero-order valence-corrected chi connectivity index (χ0v) is 15.2. The lowest BCUT2D eigenvalue weighted by Crippen LogP contribution is -2.01. The fraction of sp³-hybridized carbons (Fsp3) is 0.211. The van der Waals surface area contributed by atoms with E-state index in [1.54, 1.807) is 18.3 Å². The van der Waals surface area contributed by atoms with Crippen LogP contribution in [0.25, 0.3) is 17.1 Å². The van der Waals surface area contributed by atoms with Gasteiger partial charge in [-0.3, -0.25) is 8.96 Å². The molecule has 2 aromatic carbocycles. The second kappa shape index (κ2) is 7.89. The van der Waals surface area contributed by atoms with Crippen molar-refractivity contribution in [2.24, 2.45) is 0 Å². The van der Waals surface area contributed by atoms with Gasteiger partial charge in [0.25, 0.3) is 0 Å². The van der Waals surface area contributed by atoms with E-state index in [9.17, 15) is 4.39 Å². The molecule has 0 aliphatic carbocycles. The fourth-order valence-electron chi connectivity index (χ4n) is 2.56. The number of aromatic nitrogens is 2. The summed E-state index contributed by atoms with van der Waals surface area (Å²) in [4.78, 5) is 4.50. The number of hydrogen-bond acceptors (Lipinski definition) is 2. The number of aryl methyl sites for hydroxylation is 1. The van der Waals surface area contributed by atoms with Crippen LogP contribution >= 0.6 is 23.2 Å². The maximum atomic E-state index is 12.1. The number of rotatable bonds is 6. The minimum absolute atomic E-state index is 0.367. The second-order valence-corrected chi connectivity index (χ2v) is 6.41. The molecule has 0 aliphatic heterocycles. The first-order valence-corrected chi connectivity index (χ1v) is 8.64. The molecule has 3 aromatic rings. The van der Waals surface area contributed by atoms with Crippen LogP contribution in [0.2, 0.25) is 10.0 Å². The molecule has 1 heterocycles. The number of halogens is 3. The van der Waals surface area contributed by atoms with Gasteiger partial charge in [-0.25, -0.2) is 4.98 Å². The van der Waals surface area contributed by atoms with Crippen LogP contribution in [0.15, 0.2) is 48.7 Å². The molecule has 0 aliphatic rings. The molecule has 0 amide bonds. The molecular weight excluding hydrogens is 362 g/mol. The first kappa shape index (κ1) is 17.8. The Bertz CT molecular complexity index is 862. The molecule has 6 heteroatoms. The summed E-state index contributed by atoms with van der Waals surface area (Å²) in [5.74, 6) is 1.45. The SMILES string of the molecule is Cc1cnc(-c2ccc(Cl)cc2Cl)n1-c1ccc(OCCCF)cc1. The van der Waals surface area contributed by atoms with Crippen molar-refractivity contribution >= 4 is 23.2 Å². The Hall–Kier alpha value is -2.04. The quantitative estimate of drug-likeness (QED) is 0.499. The highest BCUT2D eigenvalue weighted by Crippen LogP contribution is 2.32. The summed E-state index contributed by atoms with van der Waals surface area (Å²) < 4.78 is 19.7. The van der Waals surface area contributed by atoms with Crippen molar-refractivity contribution in [1.82, 2.24) is 9.55 Å². The Morgan fingerprint density at radius 2 is 1.88 bits per heavy atom. The smallest absolute Gasteiger partial charge is 0.146 e. The lowest BCUT2D eigenvalue weighted by Gasteiger charge is -2.12. The topological polar surface area (TPSA) is 27.1 Å². The number of ether oxygens (including phenoxy) is 1. The normalized spacial score (nSPS) is 10.9. The summed E-state index contributed by atoms with van der Waals surface area (Å²) in [6, 6.07) is 12.9. The Kier molecular flexibility index (Phi) is 5.61. The molecule has 0 fully saturated rings. The summed E-state index contributed by atoms with van der Waals surface area (Å²) in [7, 11) is 0. The van der Waals surface area contributed by atoms with Crippen molar-refractivity contribution in [1.29, 1.82) is 0 Å². The van der Waals surface area contributed by atoms with Crippen molar-refractivity contribution in [2.75, 3.05) is 13.3 Å². The Balaban J connectivity index is 1.94. The van der Waals surface area contributed by atoms with Crippen LogP contribution in [0.5, 0.6) is 5.75 Å². The molecule has 0 radical (unpaired) electrons. The van der Waals surface area contributed by atoms with E-state index in [1.165, 1.54) is 0 Å². The maximum Gasteiger partial charge on any atom is 0.146 e. The molecule has 0 saturated heterocycles. The largest absolute Gasteiger partial charge is 0.493 e. The van der Waals surface area contributed by atoms with Gasteiger partial charge in [-0.15, -0.1) is 0 Å². The third-order valence-electron chi connectivity index (χ3n) is 3.75. The van der Waals surface area contributed by atoms with E-state index in [0.717, 1.165) is 22.8 Å². The van der Waals surface area contributed by atoms with Crippen LogP contribution in [-0.4, -0.2) is 22.8 Å². The van der Waals surface area contributed by atoms with Crippen LogP contribution in [0.4, 0.5) is 4.39 Å². The molecule has 0 bridgehead atoms. The lowest BCUT2D eigenvalue weighted by atomic mass is 10.2. The van der Waals surface area contributed by atoms with E-state index in [1.807, 2.05) is 41.8 Å². The van der Waals surface area contributed by atoms with Crippen LogP contribution in [0.3, 0.4) is 0 Å². The van der Waals surface area contributed by atoms with Gasteiger partial charge in [0.2, 0.25) is 0 Å². The summed E-state index contributed by atoms with van der Waals surface area (Å²) in [5.41, 5.74) is 2.73. The Morgan fingerprint density at radius 1 is 1.12 bits per heavy atom. The summed E-state index contributed by atoms with van der Waals surface area (Å²) in [6.45, 7) is 1.97. The molecule has 1 aromatic heterocycles. The first-order chi connectivity index (χ1) is 12.1. The van der Waals surface area contributed by atoms with Gasteiger partial charge in [0.05, 0.1) is 18.3 Å². The first-order valence-electron chi connectivity index (χ1n) is 7.89. The van der Waals surface area contributed by atoms with Gasteiger partial charge in [0.15, 0.2) is 0 Å². The number of benzene rings is 2. The predicted octanol–water partition coefficient (Wildman–Crippen LogP) is 5.89. The minimum atomic E-state index is -0.377. The average Bonchev–Trinajstić information content (AvgIpc) is 2.97. The van der Waals surface area contributed by atoms with Crippen molar-refractivity contribution in [3.8, 4) is 22.8 Å². The van der Waals surface area contributed by atoms with Gasteiger partial charge in [0, 0.05) is 34.6 Å². The number of imidazole rings is 1. The molecule has 0 unspecified atom stereocenters.